The number of rotatable bonds is 7. The van der Waals surface area contributed by atoms with Crippen molar-refractivity contribution >= 4 is 5.91 Å². The number of aliphatic hydroxyl groups is 1. The first-order valence-electron chi connectivity index (χ1n) is 8.76. The van der Waals surface area contributed by atoms with Crippen LogP contribution in [0, 0.1) is 0 Å². The minimum atomic E-state index is -0.729. The van der Waals surface area contributed by atoms with Crippen LogP contribution in [0.2, 0.25) is 0 Å². The molecule has 6 heteroatoms. The summed E-state index contributed by atoms with van der Waals surface area (Å²) >= 11 is 0. The summed E-state index contributed by atoms with van der Waals surface area (Å²) in [6.07, 6.45) is 3.34. The number of aromatic amines is 1. The number of ether oxygens (including phenoxy) is 1. The van der Waals surface area contributed by atoms with Crippen molar-refractivity contribution in [1.82, 2.24) is 15.1 Å². The number of amides is 1. The summed E-state index contributed by atoms with van der Waals surface area (Å²) in [6.45, 7) is 0.850. The van der Waals surface area contributed by atoms with Crippen molar-refractivity contribution in [3.63, 3.8) is 0 Å². The lowest BCUT2D eigenvalue weighted by Gasteiger charge is -2.21. The largest absolute Gasteiger partial charge is 0.389 e. The van der Waals surface area contributed by atoms with Crippen LogP contribution in [0.15, 0.2) is 30.3 Å². The predicted molar refractivity (Wildman–Crippen MR) is 94.3 cm³/mol. The summed E-state index contributed by atoms with van der Waals surface area (Å²) in [7, 11) is 1.69. The molecule has 3 rings (SSSR count). The number of carbonyl (C=O) groups excluding carboxylic acids is 1. The van der Waals surface area contributed by atoms with Crippen LogP contribution in [-0.2, 0) is 24.2 Å². The van der Waals surface area contributed by atoms with Gasteiger partial charge in [-0.05, 0) is 31.2 Å². The van der Waals surface area contributed by atoms with Crippen LogP contribution in [0.3, 0.4) is 0 Å². The first kappa shape index (κ1) is 17.6. The minimum Gasteiger partial charge on any atom is -0.389 e. The van der Waals surface area contributed by atoms with Gasteiger partial charge >= 0.3 is 0 Å². The number of aliphatic hydroxyl groups excluding tert-OH is 1. The van der Waals surface area contributed by atoms with E-state index in [9.17, 15) is 9.90 Å². The molecule has 2 N–H and O–H groups in total. The number of benzene rings is 1. The van der Waals surface area contributed by atoms with Crippen LogP contribution in [0.4, 0.5) is 0 Å². The molecule has 6 nitrogen and oxygen atoms in total. The average molecular weight is 343 g/mol. The second-order valence-corrected chi connectivity index (χ2v) is 6.58. The van der Waals surface area contributed by atoms with Crippen LogP contribution in [0.25, 0.3) is 0 Å². The van der Waals surface area contributed by atoms with Gasteiger partial charge in [0.05, 0.1) is 19.3 Å². The van der Waals surface area contributed by atoms with Gasteiger partial charge in [0.15, 0.2) is 5.69 Å². The molecule has 1 atom stereocenters. The van der Waals surface area contributed by atoms with Gasteiger partial charge < -0.3 is 14.7 Å². The number of hydrogen-bond acceptors (Lipinski definition) is 4. The molecule has 0 saturated heterocycles. The molecular formula is C19H25N3O3. The van der Waals surface area contributed by atoms with Gasteiger partial charge in [-0.3, -0.25) is 9.89 Å². The van der Waals surface area contributed by atoms with Gasteiger partial charge in [-0.1, -0.05) is 30.3 Å². The fourth-order valence-corrected chi connectivity index (χ4v) is 3.18. The van der Waals surface area contributed by atoms with Crippen molar-refractivity contribution in [3.05, 3.63) is 52.8 Å². The summed E-state index contributed by atoms with van der Waals surface area (Å²) < 4.78 is 5.53. The molecule has 0 spiro atoms. The molecule has 1 aliphatic carbocycles. The van der Waals surface area contributed by atoms with Crippen molar-refractivity contribution in [2.45, 2.75) is 38.4 Å². The molecule has 1 aromatic carbocycles. The Bertz CT molecular complexity index is 699. The lowest BCUT2D eigenvalue weighted by atomic mass is 9.95. The number of aryl methyl sites for hydroxylation is 1. The first-order valence-corrected chi connectivity index (χ1v) is 8.76. The Morgan fingerprint density at radius 1 is 1.32 bits per heavy atom. The van der Waals surface area contributed by atoms with Crippen LogP contribution in [0.5, 0.6) is 0 Å². The highest BCUT2D eigenvalue weighted by atomic mass is 16.5. The Morgan fingerprint density at radius 3 is 2.88 bits per heavy atom. The zero-order chi connectivity index (χ0) is 17.6. The van der Waals surface area contributed by atoms with Crippen molar-refractivity contribution in [3.8, 4) is 0 Å². The van der Waals surface area contributed by atoms with E-state index in [-0.39, 0.29) is 19.1 Å². The lowest BCUT2D eigenvalue weighted by molar-refractivity contribution is 0.0135. The van der Waals surface area contributed by atoms with E-state index in [0.717, 1.165) is 42.5 Å². The van der Waals surface area contributed by atoms with E-state index in [1.807, 2.05) is 30.3 Å². The topological polar surface area (TPSA) is 78.5 Å². The van der Waals surface area contributed by atoms with E-state index in [2.05, 4.69) is 10.2 Å². The quantitative estimate of drug-likeness (QED) is 0.805. The van der Waals surface area contributed by atoms with Crippen LogP contribution >= 0.6 is 0 Å². The Kier molecular flexibility index (Phi) is 5.83. The maximum atomic E-state index is 12.6. The van der Waals surface area contributed by atoms with Crippen molar-refractivity contribution in [2.24, 2.45) is 0 Å². The monoisotopic (exact) mass is 343 g/mol. The van der Waals surface area contributed by atoms with Gasteiger partial charge in [-0.15, -0.1) is 0 Å². The van der Waals surface area contributed by atoms with E-state index in [4.69, 9.17) is 4.74 Å². The molecule has 0 radical (unpaired) electrons. The number of fused-ring (bicyclic) bond motifs is 1. The predicted octanol–water partition coefficient (Wildman–Crippen LogP) is 1.94. The van der Waals surface area contributed by atoms with E-state index in [1.165, 1.54) is 4.90 Å². The van der Waals surface area contributed by atoms with Gasteiger partial charge in [0.2, 0.25) is 0 Å². The average Bonchev–Trinajstić information content (AvgIpc) is 3.06. The van der Waals surface area contributed by atoms with E-state index < -0.39 is 6.10 Å². The summed E-state index contributed by atoms with van der Waals surface area (Å²) in [4.78, 5) is 14.1. The Balaban J connectivity index is 1.48. The molecule has 25 heavy (non-hydrogen) atoms. The number of likely N-dealkylation sites (N-methyl/N-ethyl adjacent to an activating group) is 1. The van der Waals surface area contributed by atoms with Crippen LogP contribution in [0.1, 0.15) is 40.2 Å². The second kappa shape index (κ2) is 8.27. The number of H-pyrrole nitrogens is 1. The van der Waals surface area contributed by atoms with Crippen molar-refractivity contribution in [2.75, 3.05) is 20.2 Å². The molecule has 0 saturated carbocycles. The van der Waals surface area contributed by atoms with Crippen LogP contribution < -0.4 is 0 Å². The Hall–Kier alpha value is -2.18. The highest BCUT2D eigenvalue weighted by Gasteiger charge is 2.24. The van der Waals surface area contributed by atoms with E-state index >= 15 is 0 Å². The Labute approximate surface area is 147 Å². The maximum absolute atomic E-state index is 12.6. The van der Waals surface area contributed by atoms with E-state index in [0.29, 0.717) is 12.3 Å². The van der Waals surface area contributed by atoms with Crippen molar-refractivity contribution < 1.29 is 14.6 Å². The smallest absolute Gasteiger partial charge is 0.274 e. The molecule has 1 amide bonds. The zero-order valence-electron chi connectivity index (χ0n) is 14.6. The molecule has 1 aromatic heterocycles. The summed E-state index contributed by atoms with van der Waals surface area (Å²) in [5.41, 5.74) is 3.67. The van der Waals surface area contributed by atoms with Crippen molar-refractivity contribution in [1.29, 1.82) is 0 Å². The molecular weight excluding hydrogens is 318 g/mol. The number of nitrogens with zero attached hydrogens (tertiary/aromatic N) is 2. The molecule has 0 fully saturated rings. The van der Waals surface area contributed by atoms with Gasteiger partial charge in [-0.2, -0.15) is 5.10 Å². The first-order chi connectivity index (χ1) is 12.1. The highest BCUT2D eigenvalue weighted by molar-refractivity contribution is 5.93. The van der Waals surface area contributed by atoms with Crippen LogP contribution in [-0.4, -0.2) is 52.4 Å². The summed E-state index contributed by atoms with van der Waals surface area (Å²) in [5, 5.41) is 17.3. The Morgan fingerprint density at radius 2 is 2.08 bits per heavy atom. The molecule has 2 aromatic rings. The van der Waals surface area contributed by atoms with Gasteiger partial charge in [0, 0.05) is 24.8 Å². The summed E-state index contributed by atoms with van der Waals surface area (Å²) in [6, 6.07) is 9.80. The van der Waals surface area contributed by atoms with Gasteiger partial charge in [-0.25, -0.2) is 0 Å². The SMILES string of the molecule is CN(CC(O)COCc1ccccc1)C(=O)c1n[nH]c2c1CCCC2. The normalized spacial score (nSPS) is 14.8. The third-order valence-electron chi connectivity index (χ3n) is 4.51. The van der Waals surface area contributed by atoms with Gasteiger partial charge in [0.1, 0.15) is 0 Å². The molecule has 1 aliphatic rings. The fourth-order valence-electron chi connectivity index (χ4n) is 3.18. The summed E-state index contributed by atoms with van der Waals surface area (Å²) in [5.74, 6) is -0.151. The standard InChI is InChI=1S/C19H25N3O3/c1-22(11-15(23)13-25-12-14-7-3-2-4-8-14)19(24)18-16-9-5-6-10-17(16)20-21-18/h2-4,7-8,15,23H,5-6,9-13H2,1H3,(H,20,21). The number of carbonyl (C=O) groups is 1. The molecule has 1 unspecified atom stereocenters. The third-order valence-corrected chi connectivity index (χ3v) is 4.51. The minimum absolute atomic E-state index is 0.151. The fraction of sp³-hybridized carbons (Fsp3) is 0.474. The number of aromatic nitrogens is 2. The maximum Gasteiger partial charge on any atom is 0.274 e. The third kappa shape index (κ3) is 4.46. The van der Waals surface area contributed by atoms with Gasteiger partial charge in [0.25, 0.3) is 5.91 Å². The molecule has 1 heterocycles. The number of hydrogen-bond donors (Lipinski definition) is 2. The second-order valence-electron chi connectivity index (χ2n) is 6.58. The number of nitrogens with one attached hydrogen (secondary N) is 1. The molecule has 0 aliphatic heterocycles. The highest BCUT2D eigenvalue weighted by Crippen LogP contribution is 2.22. The molecule has 134 valence electrons. The lowest BCUT2D eigenvalue weighted by Crippen LogP contribution is -2.37. The molecule has 0 bridgehead atoms. The zero-order valence-corrected chi connectivity index (χ0v) is 14.6. The van der Waals surface area contributed by atoms with E-state index in [1.54, 1.807) is 7.05 Å².